The Balaban J connectivity index is 1.43. The van der Waals surface area contributed by atoms with E-state index in [1.807, 2.05) is 57.2 Å². The summed E-state index contributed by atoms with van der Waals surface area (Å²) < 4.78 is 11.6. The van der Waals surface area contributed by atoms with Gasteiger partial charge in [-0.1, -0.05) is 29.8 Å². The fourth-order valence-corrected chi connectivity index (χ4v) is 4.23. The van der Waals surface area contributed by atoms with Gasteiger partial charge in [-0.3, -0.25) is 14.5 Å². The Labute approximate surface area is 193 Å². The zero-order valence-corrected chi connectivity index (χ0v) is 19.4. The van der Waals surface area contributed by atoms with E-state index in [2.05, 4.69) is 10.6 Å². The Hall–Kier alpha value is -3.55. The lowest BCUT2D eigenvalue weighted by molar-refractivity contribution is -0.134. The first-order valence-electron chi connectivity index (χ1n) is 11.1. The highest BCUT2D eigenvalue weighted by Crippen LogP contribution is 2.35. The zero-order chi connectivity index (χ0) is 23.8. The van der Waals surface area contributed by atoms with Gasteiger partial charge in [-0.05, 0) is 45.4 Å². The van der Waals surface area contributed by atoms with Crippen molar-refractivity contribution in [2.45, 2.75) is 52.3 Å². The van der Waals surface area contributed by atoms with Crippen molar-refractivity contribution < 1.29 is 23.9 Å². The Morgan fingerprint density at radius 3 is 2.70 bits per heavy atom. The summed E-state index contributed by atoms with van der Waals surface area (Å²) in [5.74, 6) is 0.583. The van der Waals surface area contributed by atoms with Crippen LogP contribution in [0.4, 0.5) is 4.79 Å². The van der Waals surface area contributed by atoms with Gasteiger partial charge in [0.15, 0.2) is 0 Å². The molecule has 2 aliphatic rings. The Bertz CT molecular complexity index is 1100. The first kappa shape index (κ1) is 22.6. The molecule has 2 N–H and O–H groups in total. The predicted molar refractivity (Wildman–Crippen MR) is 122 cm³/mol. The number of hydrogen-bond acceptors (Lipinski definition) is 5. The van der Waals surface area contributed by atoms with E-state index >= 15 is 0 Å². The van der Waals surface area contributed by atoms with Crippen molar-refractivity contribution in [1.82, 2.24) is 15.5 Å². The van der Waals surface area contributed by atoms with Gasteiger partial charge in [-0.2, -0.15) is 0 Å². The van der Waals surface area contributed by atoms with E-state index in [-0.39, 0.29) is 19.2 Å². The van der Waals surface area contributed by atoms with Crippen LogP contribution in [0.2, 0.25) is 0 Å². The lowest BCUT2D eigenvalue weighted by Gasteiger charge is -2.22. The van der Waals surface area contributed by atoms with E-state index in [4.69, 9.17) is 9.47 Å². The van der Waals surface area contributed by atoms with Crippen LogP contribution < -0.4 is 20.1 Å². The summed E-state index contributed by atoms with van der Waals surface area (Å²) in [6.07, 6.45) is 0.912. The molecule has 4 rings (SSSR count). The van der Waals surface area contributed by atoms with Crippen molar-refractivity contribution >= 4 is 17.8 Å². The van der Waals surface area contributed by atoms with Crippen molar-refractivity contribution in [3.8, 4) is 11.5 Å². The van der Waals surface area contributed by atoms with Crippen LogP contribution >= 0.6 is 0 Å². The SMILES string of the molecule is CCOc1cc2c(cc1CNC(=O)CN1C(=O)N[C@@](C)(c3ccc(C)cc3)C1=O)O[C@H](C)C2. The predicted octanol–water partition coefficient (Wildman–Crippen LogP) is 2.80. The van der Waals surface area contributed by atoms with Gasteiger partial charge in [0.2, 0.25) is 5.91 Å². The second kappa shape index (κ2) is 8.77. The number of carbonyl (C=O) groups excluding carboxylic acids is 3. The van der Waals surface area contributed by atoms with E-state index in [9.17, 15) is 14.4 Å². The minimum atomic E-state index is -1.21. The number of benzene rings is 2. The standard InChI is InChI=1S/C25H29N3O5/c1-5-32-20-11-17-10-16(3)33-21(17)12-18(20)13-26-22(29)14-28-23(30)25(4,27-24(28)31)19-8-6-15(2)7-9-19/h6-9,11-12,16H,5,10,13-14H2,1-4H3,(H,26,29)(H,27,31)/t16-,25+/m1/s1. The lowest BCUT2D eigenvalue weighted by atomic mass is 9.91. The molecule has 0 aromatic heterocycles. The number of amides is 4. The molecular formula is C25H29N3O5. The van der Waals surface area contributed by atoms with Gasteiger partial charge in [-0.15, -0.1) is 0 Å². The Kier molecular flexibility index (Phi) is 6.01. The molecule has 2 aromatic rings. The highest BCUT2D eigenvalue weighted by molar-refractivity contribution is 6.09. The van der Waals surface area contributed by atoms with E-state index in [1.54, 1.807) is 6.92 Å². The second-order valence-corrected chi connectivity index (χ2v) is 8.72. The third kappa shape index (κ3) is 4.37. The molecular weight excluding hydrogens is 422 g/mol. The Morgan fingerprint density at radius 1 is 1.27 bits per heavy atom. The van der Waals surface area contributed by atoms with Crippen LogP contribution in [-0.2, 0) is 28.1 Å². The normalized spacial score (nSPS) is 21.5. The van der Waals surface area contributed by atoms with Gasteiger partial charge >= 0.3 is 6.03 Å². The molecule has 0 aliphatic carbocycles. The third-order valence-corrected chi connectivity index (χ3v) is 6.06. The highest BCUT2D eigenvalue weighted by Gasteiger charge is 2.49. The molecule has 2 heterocycles. The van der Waals surface area contributed by atoms with Gasteiger partial charge < -0.3 is 20.1 Å². The smallest absolute Gasteiger partial charge is 0.325 e. The number of aryl methyl sites for hydroxylation is 1. The van der Waals surface area contributed by atoms with Crippen LogP contribution in [0.15, 0.2) is 36.4 Å². The van der Waals surface area contributed by atoms with Crippen LogP contribution in [0.25, 0.3) is 0 Å². The molecule has 0 unspecified atom stereocenters. The van der Waals surface area contributed by atoms with E-state index in [1.165, 1.54) is 0 Å². The van der Waals surface area contributed by atoms with Gasteiger partial charge in [0.1, 0.15) is 29.7 Å². The van der Waals surface area contributed by atoms with Crippen molar-refractivity contribution in [3.05, 3.63) is 58.7 Å². The summed E-state index contributed by atoms with van der Waals surface area (Å²) in [5, 5.41) is 5.52. The molecule has 0 saturated carbocycles. The van der Waals surface area contributed by atoms with Gasteiger partial charge in [0.25, 0.3) is 5.91 Å². The molecule has 1 fully saturated rings. The molecule has 2 aromatic carbocycles. The average molecular weight is 452 g/mol. The number of rotatable bonds is 7. The van der Waals surface area contributed by atoms with Crippen LogP contribution in [-0.4, -0.2) is 42.0 Å². The van der Waals surface area contributed by atoms with Crippen LogP contribution in [0.3, 0.4) is 0 Å². The second-order valence-electron chi connectivity index (χ2n) is 8.72. The first-order chi connectivity index (χ1) is 15.7. The number of urea groups is 1. The van der Waals surface area contributed by atoms with Gasteiger partial charge in [0.05, 0.1) is 6.61 Å². The number of nitrogens with zero attached hydrogens (tertiary/aromatic N) is 1. The maximum absolute atomic E-state index is 13.1. The summed E-state index contributed by atoms with van der Waals surface area (Å²) >= 11 is 0. The van der Waals surface area contributed by atoms with Crippen LogP contribution in [0.1, 0.15) is 43.0 Å². The fourth-order valence-electron chi connectivity index (χ4n) is 4.23. The monoisotopic (exact) mass is 451 g/mol. The summed E-state index contributed by atoms with van der Waals surface area (Å²) in [7, 11) is 0. The number of imide groups is 1. The highest BCUT2D eigenvalue weighted by atomic mass is 16.5. The van der Waals surface area contributed by atoms with Crippen molar-refractivity contribution in [2.75, 3.05) is 13.2 Å². The molecule has 2 atom stereocenters. The minimum Gasteiger partial charge on any atom is -0.494 e. The fraction of sp³-hybridized carbons (Fsp3) is 0.400. The maximum Gasteiger partial charge on any atom is 0.325 e. The van der Waals surface area contributed by atoms with Crippen LogP contribution in [0.5, 0.6) is 11.5 Å². The summed E-state index contributed by atoms with van der Waals surface area (Å²) in [5.41, 5.74) is 2.37. The largest absolute Gasteiger partial charge is 0.494 e. The molecule has 2 aliphatic heterocycles. The molecule has 8 heteroatoms. The quantitative estimate of drug-likeness (QED) is 0.631. The number of nitrogens with one attached hydrogen (secondary N) is 2. The average Bonchev–Trinajstić information content (AvgIpc) is 3.23. The van der Waals surface area contributed by atoms with E-state index in [0.717, 1.165) is 33.8 Å². The number of carbonyl (C=O) groups is 3. The molecule has 33 heavy (non-hydrogen) atoms. The molecule has 1 saturated heterocycles. The number of fused-ring (bicyclic) bond motifs is 1. The summed E-state index contributed by atoms with van der Waals surface area (Å²) in [6.45, 7) is 7.82. The first-order valence-corrected chi connectivity index (χ1v) is 11.1. The van der Waals surface area contributed by atoms with Gasteiger partial charge in [0, 0.05) is 24.1 Å². The molecule has 174 valence electrons. The minimum absolute atomic E-state index is 0.0989. The maximum atomic E-state index is 13.1. The summed E-state index contributed by atoms with van der Waals surface area (Å²) in [6, 6.07) is 10.6. The molecule has 0 radical (unpaired) electrons. The van der Waals surface area contributed by atoms with E-state index in [0.29, 0.717) is 17.9 Å². The Morgan fingerprint density at radius 2 is 2.00 bits per heavy atom. The molecule has 0 spiro atoms. The number of ether oxygens (including phenoxy) is 2. The van der Waals surface area contributed by atoms with Gasteiger partial charge in [-0.25, -0.2) is 4.79 Å². The molecule has 8 nitrogen and oxygen atoms in total. The van der Waals surface area contributed by atoms with Crippen molar-refractivity contribution in [1.29, 1.82) is 0 Å². The molecule has 0 bridgehead atoms. The lowest BCUT2D eigenvalue weighted by Crippen LogP contribution is -2.43. The van der Waals surface area contributed by atoms with Crippen molar-refractivity contribution in [2.24, 2.45) is 0 Å². The topological polar surface area (TPSA) is 97.0 Å². The van der Waals surface area contributed by atoms with Crippen molar-refractivity contribution in [3.63, 3.8) is 0 Å². The van der Waals surface area contributed by atoms with Crippen LogP contribution in [0, 0.1) is 6.92 Å². The number of hydrogen-bond donors (Lipinski definition) is 2. The zero-order valence-electron chi connectivity index (χ0n) is 19.4. The summed E-state index contributed by atoms with van der Waals surface area (Å²) in [4.78, 5) is 39.2. The third-order valence-electron chi connectivity index (χ3n) is 6.06. The molecule has 4 amide bonds. The van der Waals surface area contributed by atoms with E-state index < -0.39 is 23.4 Å².